The molecule has 5 nitrogen and oxygen atoms in total. The lowest BCUT2D eigenvalue weighted by atomic mass is 9.78. The first-order valence-electron chi connectivity index (χ1n) is 9.27. The van der Waals surface area contributed by atoms with Crippen molar-refractivity contribution in [3.63, 3.8) is 0 Å². The summed E-state index contributed by atoms with van der Waals surface area (Å²) in [6.45, 7) is 2.73. The number of piperidine rings is 1. The number of likely N-dealkylation sites (tertiary alicyclic amines) is 2. The maximum atomic E-state index is 13.3. The van der Waals surface area contributed by atoms with Crippen LogP contribution in [0.4, 0.5) is 14.9 Å². The van der Waals surface area contributed by atoms with E-state index in [0.29, 0.717) is 31.1 Å². The van der Waals surface area contributed by atoms with Crippen LogP contribution in [0.15, 0.2) is 18.2 Å². The molecule has 1 aromatic carbocycles. The first kappa shape index (κ1) is 17.6. The Morgan fingerprint density at radius 1 is 1.31 bits per heavy atom. The normalized spacial score (nSPS) is 25.8. The molecular formula is C19H23ClFN3O2. The largest absolute Gasteiger partial charge is 0.342 e. The van der Waals surface area contributed by atoms with Gasteiger partial charge in [0.25, 0.3) is 0 Å². The second-order valence-electron chi connectivity index (χ2n) is 7.81. The summed E-state index contributed by atoms with van der Waals surface area (Å²) >= 11 is 5.77. The molecule has 0 bridgehead atoms. The lowest BCUT2D eigenvalue weighted by Crippen LogP contribution is -2.51. The highest BCUT2D eigenvalue weighted by Crippen LogP contribution is 2.41. The molecule has 3 aliphatic rings. The van der Waals surface area contributed by atoms with E-state index in [4.69, 9.17) is 11.6 Å². The molecule has 140 valence electrons. The Kier molecular flexibility index (Phi) is 4.55. The molecular weight excluding hydrogens is 357 g/mol. The first-order chi connectivity index (χ1) is 12.5. The van der Waals surface area contributed by atoms with Crippen LogP contribution in [0.5, 0.6) is 0 Å². The number of benzene rings is 1. The van der Waals surface area contributed by atoms with Crippen LogP contribution in [0.25, 0.3) is 0 Å². The minimum absolute atomic E-state index is 0.0288. The molecule has 3 fully saturated rings. The van der Waals surface area contributed by atoms with Crippen molar-refractivity contribution in [2.75, 3.05) is 31.5 Å². The van der Waals surface area contributed by atoms with E-state index in [2.05, 4.69) is 5.32 Å². The Morgan fingerprint density at radius 3 is 2.85 bits per heavy atom. The van der Waals surface area contributed by atoms with E-state index in [1.54, 1.807) is 4.90 Å². The minimum Gasteiger partial charge on any atom is -0.342 e. The fourth-order valence-electron chi connectivity index (χ4n) is 4.14. The van der Waals surface area contributed by atoms with Crippen LogP contribution in [0.2, 0.25) is 5.02 Å². The van der Waals surface area contributed by atoms with Gasteiger partial charge in [-0.3, -0.25) is 4.79 Å². The molecule has 1 atom stereocenters. The molecule has 1 spiro atoms. The van der Waals surface area contributed by atoms with Crippen molar-refractivity contribution >= 4 is 29.2 Å². The van der Waals surface area contributed by atoms with Crippen molar-refractivity contribution in [3.05, 3.63) is 29.0 Å². The topological polar surface area (TPSA) is 52.7 Å². The zero-order chi connectivity index (χ0) is 18.3. The maximum absolute atomic E-state index is 13.3. The smallest absolute Gasteiger partial charge is 0.321 e. The molecule has 1 aromatic rings. The fourth-order valence-corrected chi connectivity index (χ4v) is 4.32. The number of rotatable bonds is 3. The number of hydrogen-bond acceptors (Lipinski definition) is 2. The molecule has 2 saturated heterocycles. The Labute approximate surface area is 157 Å². The Bertz CT molecular complexity index is 739. The number of nitrogens with zero attached hydrogens (tertiary/aromatic N) is 2. The minimum atomic E-state index is -0.520. The van der Waals surface area contributed by atoms with Crippen LogP contribution in [0, 0.1) is 17.2 Å². The van der Waals surface area contributed by atoms with Gasteiger partial charge in [-0.2, -0.15) is 0 Å². The van der Waals surface area contributed by atoms with Crippen molar-refractivity contribution in [2.45, 2.75) is 32.1 Å². The van der Waals surface area contributed by atoms with E-state index in [1.165, 1.54) is 31.0 Å². The second-order valence-corrected chi connectivity index (χ2v) is 8.22. The summed E-state index contributed by atoms with van der Waals surface area (Å²) < 4.78 is 13.3. The van der Waals surface area contributed by atoms with Gasteiger partial charge in [0.1, 0.15) is 5.82 Å². The molecule has 7 heteroatoms. The molecule has 2 aliphatic heterocycles. The summed E-state index contributed by atoms with van der Waals surface area (Å²) in [5.74, 6) is 0.377. The summed E-state index contributed by atoms with van der Waals surface area (Å²) in [6.07, 6.45) is 5.02. The van der Waals surface area contributed by atoms with Crippen molar-refractivity contribution in [3.8, 4) is 0 Å². The molecule has 1 aliphatic carbocycles. The van der Waals surface area contributed by atoms with Crippen LogP contribution >= 0.6 is 11.6 Å². The second kappa shape index (κ2) is 6.72. The molecule has 1 saturated carbocycles. The van der Waals surface area contributed by atoms with Crippen molar-refractivity contribution in [1.82, 2.24) is 9.80 Å². The summed E-state index contributed by atoms with van der Waals surface area (Å²) in [7, 11) is 0. The van der Waals surface area contributed by atoms with E-state index in [0.717, 1.165) is 25.9 Å². The van der Waals surface area contributed by atoms with Gasteiger partial charge in [-0.15, -0.1) is 0 Å². The van der Waals surface area contributed by atoms with Crippen molar-refractivity contribution < 1.29 is 14.0 Å². The Hall–Kier alpha value is -1.82. The molecule has 0 aromatic heterocycles. The van der Waals surface area contributed by atoms with Gasteiger partial charge >= 0.3 is 6.03 Å². The summed E-state index contributed by atoms with van der Waals surface area (Å²) in [4.78, 5) is 29.3. The maximum Gasteiger partial charge on any atom is 0.321 e. The zero-order valence-corrected chi connectivity index (χ0v) is 15.4. The van der Waals surface area contributed by atoms with Crippen LogP contribution in [0.1, 0.15) is 32.1 Å². The van der Waals surface area contributed by atoms with E-state index in [9.17, 15) is 14.0 Å². The molecule has 0 unspecified atom stereocenters. The number of urea groups is 1. The Balaban J connectivity index is 1.41. The first-order valence-corrected chi connectivity index (χ1v) is 9.65. The number of amides is 3. The fraction of sp³-hybridized carbons (Fsp3) is 0.579. The lowest BCUT2D eigenvalue weighted by molar-refractivity contribution is -0.145. The summed E-state index contributed by atoms with van der Waals surface area (Å²) in [6, 6.07) is 3.83. The van der Waals surface area contributed by atoms with Crippen LogP contribution in [0.3, 0.4) is 0 Å². The molecule has 26 heavy (non-hydrogen) atoms. The highest BCUT2D eigenvalue weighted by atomic mass is 35.5. The third-order valence-electron chi connectivity index (χ3n) is 5.81. The van der Waals surface area contributed by atoms with Crippen LogP contribution < -0.4 is 5.32 Å². The highest BCUT2D eigenvalue weighted by molar-refractivity contribution is 6.31. The molecule has 1 N–H and O–H groups in total. The Morgan fingerprint density at radius 2 is 2.12 bits per heavy atom. The van der Waals surface area contributed by atoms with Crippen molar-refractivity contribution in [1.29, 1.82) is 0 Å². The number of carbonyl (C=O) groups excluding carboxylic acids is 2. The van der Waals surface area contributed by atoms with Gasteiger partial charge in [-0.1, -0.05) is 11.6 Å². The van der Waals surface area contributed by atoms with E-state index in [-0.39, 0.29) is 17.0 Å². The third kappa shape index (κ3) is 3.39. The number of halogens is 2. The average molecular weight is 380 g/mol. The quantitative estimate of drug-likeness (QED) is 0.869. The van der Waals surface area contributed by atoms with E-state index in [1.807, 2.05) is 4.90 Å². The van der Waals surface area contributed by atoms with E-state index >= 15 is 0 Å². The predicted molar refractivity (Wildman–Crippen MR) is 97.6 cm³/mol. The SMILES string of the molecule is O=C(Nc1ccc(F)c(Cl)c1)N1CC[C@@]2(CCCN(CC3CC3)C2=O)C1. The van der Waals surface area contributed by atoms with Gasteiger partial charge in [0, 0.05) is 31.9 Å². The molecule has 4 rings (SSSR count). The van der Waals surface area contributed by atoms with Gasteiger partial charge in [-0.05, 0) is 56.2 Å². The average Bonchev–Trinajstić information content (AvgIpc) is 3.33. The summed E-state index contributed by atoms with van der Waals surface area (Å²) in [5.41, 5.74) is 0.0259. The number of anilines is 1. The van der Waals surface area contributed by atoms with Crippen molar-refractivity contribution in [2.24, 2.45) is 11.3 Å². The zero-order valence-electron chi connectivity index (χ0n) is 14.6. The standard InChI is InChI=1S/C19H23ClFN3O2/c20-15-10-14(4-5-16(15)21)22-18(26)24-9-7-19(12-24)6-1-8-23(17(19)25)11-13-2-3-13/h4-5,10,13H,1-3,6-9,11-12H2,(H,22,26)/t19-/m0/s1. The molecule has 3 amide bonds. The van der Waals surface area contributed by atoms with Gasteiger partial charge in [0.05, 0.1) is 10.4 Å². The predicted octanol–water partition coefficient (Wildman–Crippen LogP) is 3.74. The number of hydrogen-bond donors (Lipinski definition) is 1. The van der Waals surface area contributed by atoms with Crippen LogP contribution in [-0.4, -0.2) is 47.9 Å². The van der Waals surface area contributed by atoms with Gasteiger partial charge in [0.15, 0.2) is 0 Å². The third-order valence-corrected chi connectivity index (χ3v) is 6.10. The number of carbonyl (C=O) groups is 2. The lowest BCUT2D eigenvalue weighted by Gasteiger charge is -2.39. The summed E-state index contributed by atoms with van der Waals surface area (Å²) in [5, 5.41) is 2.72. The van der Waals surface area contributed by atoms with Gasteiger partial charge < -0.3 is 15.1 Å². The highest BCUT2D eigenvalue weighted by Gasteiger charge is 2.49. The molecule has 2 heterocycles. The number of nitrogens with one attached hydrogen (secondary N) is 1. The monoisotopic (exact) mass is 379 g/mol. The molecule has 0 radical (unpaired) electrons. The van der Waals surface area contributed by atoms with Crippen LogP contribution in [-0.2, 0) is 4.79 Å². The van der Waals surface area contributed by atoms with E-state index < -0.39 is 11.2 Å². The van der Waals surface area contributed by atoms with Gasteiger partial charge in [-0.25, -0.2) is 9.18 Å². The van der Waals surface area contributed by atoms with Gasteiger partial charge in [0.2, 0.25) is 5.91 Å².